The van der Waals surface area contributed by atoms with Gasteiger partial charge in [0.1, 0.15) is 0 Å². The molecular weight excluding hydrogens is 495 g/mol. The molecule has 0 radical (unpaired) electrons. The molecule has 2 aliphatic rings. The maximum Gasteiger partial charge on any atom is 0.337 e. The highest BCUT2D eigenvalue weighted by atomic mass is 35.5. The van der Waals surface area contributed by atoms with E-state index in [-0.39, 0.29) is 17.3 Å². The van der Waals surface area contributed by atoms with E-state index in [1.807, 2.05) is 29.2 Å². The van der Waals surface area contributed by atoms with Gasteiger partial charge >= 0.3 is 5.97 Å². The molecule has 5 nitrogen and oxygen atoms in total. The van der Waals surface area contributed by atoms with Crippen LogP contribution in [0.5, 0.6) is 0 Å². The molecule has 1 saturated heterocycles. The number of amides is 1. The molecule has 186 valence electrons. The fourth-order valence-electron chi connectivity index (χ4n) is 5.46. The third-order valence-electron chi connectivity index (χ3n) is 7.48. The summed E-state index contributed by atoms with van der Waals surface area (Å²) in [6.45, 7) is 5.42. The summed E-state index contributed by atoms with van der Waals surface area (Å²) in [6, 6.07) is 19.0. The number of ether oxygens (including phenoxy) is 1. The molecule has 0 unspecified atom stereocenters. The number of benzene rings is 3. The van der Waals surface area contributed by atoms with Gasteiger partial charge in [-0.05, 0) is 80.4 Å². The number of anilines is 1. The SMILES string of the molecule is COC(=O)c1ccc(CN2CCC3(CC2)CN(C(=O)c2ccc(Cl)cc2Cl)c2ccc(C)cc23)cc1. The molecule has 0 atom stereocenters. The van der Waals surface area contributed by atoms with Crippen LogP contribution in [0.2, 0.25) is 10.0 Å². The van der Waals surface area contributed by atoms with Crippen LogP contribution in [-0.2, 0) is 16.7 Å². The van der Waals surface area contributed by atoms with E-state index in [1.54, 1.807) is 18.2 Å². The Morgan fingerprint density at radius 3 is 2.36 bits per heavy atom. The summed E-state index contributed by atoms with van der Waals surface area (Å²) in [7, 11) is 1.39. The van der Waals surface area contributed by atoms with Gasteiger partial charge in [-0.15, -0.1) is 0 Å². The summed E-state index contributed by atoms with van der Waals surface area (Å²) >= 11 is 12.5. The number of halogens is 2. The Labute approximate surface area is 221 Å². The molecule has 3 aromatic carbocycles. The third-order valence-corrected chi connectivity index (χ3v) is 8.02. The number of hydrogen-bond donors (Lipinski definition) is 0. The second kappa shape index (κ2) is 9.89. The molecule has 2 aliphatic heterocycles. The molecule has 0 bridgehead atoms. The zero-order valence-electron chi connectivity index (χ0n) is 20.4. The molecule has 0 aliphatic carbocycles. The Balaban J connectivity index is 1.34. The normalized spacial score (nSPS) is 16.7. The molecule has 0 saturated carbocycles. The van der Waals surface area contributed by atoms with Gasteiger partial charge in [0, 0.05) is 29.2 Å². The second-order valence-corrected chi connectivity index (χ2v) is 10.6. The van der Waals surface area contributed by atoms with Gasteiger partial charge in [0.05, 0.1) is 23.3 Å². The first-order chi connectivity index (χ1) is 17.3. The number of piperidine rings is 1. The van der Waals surface area contributed by atoms with Gasteiger partial charge < -0.3 is 9.64 Å². The van der Waals surface area contributed by atoms with Crippen LogP contribution in [0, 0.1) is 6.92 Å². The lowest BCUT2D eigenvalue weighted by atomic mass is 9.74. The smallest absolute Gasteiger partial charge is 0.337 e. The highest BCUT2D eigenvalue weighted by Crippen LogP contribution is 2.48. The minimum absolute atomic E-state index is 0.0822. The number of aryl methyl sites for hydroxylation is 1. The van der Waals surface area contributed by atoms with Crippen LogP contribution in [0.25, 0.3) is 0 Å². The monoisotopic (exact) mass is 522 g/mol. The molecule has 5 rings (SSSR count). The highest BCUT2D eigenvalue weighted by molar-refractivity contribution is 6.37. The first kappa shape index (κ1) is 24.8. The number of rotatable bonds is 4. The molecular formula is C29H28Cl2N2O3. The maximum atomic E-state index is 13.6. The Hall–Kier alpha value is -2.86. The minimum Gasteiger partial charge on any atom is -0.465 e. The number of hydrogen-bond acceptors (Lipinski definition) is 4. The number of methoxy groups -OCH3 is 1. The fourth-order valence-corrected chi connectivity index (χ4v) is 5.95. The van der Waals surface area contributed by atoms with E-state index in [2.05, 4.69) is 30.0 Å². The first-order valence-corrected chi connectivity index (χ1v) is 12.8. The van der Waals surface area contributed by atoms with Crippen molar-refractivity contribution in [2.75, 3.05) is 31.6 Å². The minimum atomic E-state index is -0.323. The lowest BCUT2D eigenvalue weighted by Crippen LogP contribution is -2.45. The van der Waals surface area contributed by atoms with Crippen molar-refractivity contribution in [1.29, 1.82) is 0 Å². The van der Waals surface area contributed by atoms with E-state index < -0.39 is 0 Å². The van der Waals surface area contributed by atoms with Crippen molar-refractivity contribution in [2.45, 2.75) is 31.7 Å². The summed E-state index contributed by atoms with van der Waals surface area (Å²) in [5.41, 5.74) is 5.53. The van der Waals surface area contributed by atoms with Crippen molar-refractivity contribution in [2.24, 2.45) is 0 Å². The predicted octanol–water partition coefficient (Wildman–Crippen LogP) is 6.28. The second-order valence-electron chi connectivity index (χ2n) is 9.78. The molecule has 7 heteroatoms. The summed E-state index contributed by atoms with van der Waals surface area (Å²) in [5.74, 6) is -0.414. The number of likely N-dealkylation sites (tertiary alicyclic amines) is 1. The molecule has 0 N–H and O–H groups in total. The Bertz CT molecular complexity index is 1310. The Kier molecular flexibility index (Phi) is 6.82. The van der Waals surface area contributed by atoms with Crippen LogP contribution in [0.1, 0.15) is 50.2 Å². The van der Waals surface area contributed by atoms with Crippen LogP contribution >= 0.6 is 23.2 Å². The van der Waals surface area contributed by atoms with Gasteiger partial charge in [-0.1, -0.05) is 53.0 Å². The standard InChI is InChI=1S/C29H28Cl2N2O3/c1-19-3-10-26-24(15-19)29(18-33(26)27(34)23-9-8-22(30)16-25(23)31)11-13-32(14-12-29)17-20-4-6-21(7-5-20)28(35)36-2/h3-10,15-16H,11-14,17-18H2,1-2H3. The van der Waals surface area contributed by atoms with Gasteiger partial charge in [-0.3, -0.25) is 9.69 Å². The first-order valence-electron chi connectivity index (χ1n) is 12.1. The van der Waals surface area contributed by atoms with Gasteiger partial charge in [0.15, 0.2) is 0 Å². The van der Waals surface area contributed by atoms with Crippen LogP contribution in [0.3, 0.4) is 0 Å². The van der Waals surface area contributed by atoms with E-state index in [0.717, 1.165) is 43.7 Å². The predicted molar refractivity (Wildman–Crippen MR) is 143 cm³/mol. The summed E-state index contributed by atoms with van der Waals surface area (Å²) in [6.07, 6.45) is 1.92. The van der Waals surface area contributed by atoms with E-state index in [1.165, 1.54) is 18.2 Å². The Morgan fingerprint density at radius 1 is 0.972 bits per heavy atom. The highest BCUT2D eigenvalue weighted by Gasteiger charge is 2.46. The largest absolute Gasteiger partial charge is 0.465 e. The van der Waals surface area contributed by atoms with Crippen LogP contribution < -0.4 is 4.90 Å². The average Bonchev–Trinajstić information content (AvgIpc) is 3.18. The summed E-state index contributed by atoms with van der Waals surface area (Å²) in [4.78, 5) is 29.7. The molecule has 1 spiro atoms. The van der Waals surface area contributed by atoms with Crippen molar-refractivity contribution < 1.29 is 14.3 Å². The van der Waals surface area contributed by atoms with E-state index in [4.69, 9.17) is 27.9 Å². The quantitative estimate of drug-likeness (QED) is 0.378. The van der Waals surface area contributed by atoms with Gasteiger partial charge in [0.2, 0.25) is 0 Å². The zero-order valence-corrected chi connectivity index (χ0v) is 21.9. The lowest BCUT2D eigenvalue weighted by molar-refractivity contribution is 0.0600. The lowest BCUT2D eigenvalue weighted by Gasteiger charge is -2.40. The van der Waals surface area contributed by atoms with Gasteiger partial charge in [-0.25, -0.2) is 4.79 Å². The van der Waals surface area contributed by atoms with E-state index >= 15 is 0 Å². The molecule has 2 heterocycles. The van der Waals surface area contributed by atoms with Crippen molar-refractivity contribution in [3.63, 3.8) is 0 Å². The molecule has 36 heavy (non-hydrogen) atoms. The zero-order chi connectivity index (χ0) is 25.4. The number of fused-ring (bicyclic) bond motifs is 2. The number of nitrogens with zero attached hydrogens (tertiary/aromatic N) is 2. The molecule has 1 fully saturated rings. The van der Waals surface area contributed by atoms with Crippen molar-refractivity contribution >= 4 is 40.8 Å². The van der Waals surface area contributed by atoms with Crippen molar-refractivity contribution in [3.8, 4) is 0 Å². The van der Waals surface area contributed by atoms with Crippen LogP contribution in [0.4, 0.5) is 5.69 Å². The average molecular weight is 523 g/mol. The maximum absolute atomic E-state index is 13.6. The van der Waals surface area contributed by atoms with Crippen molar-refractivity contribution in [3.05, 3.63) is 98.5 Å². The van der Waals surface area contributed by atoms with E-state index in [0.29, 0.717) is 27.7 Å². The third kappa shape index (κ3) is 4.63. The number of esters is 1. The molecule has 3 aromatic rings. The molecule has 1 amide bonds. The van der Waals surface area contributed by atoms with Crippen LogP contribution in [0.15, 0.2) is 60.7 Å². The van der Waals surface area contributed by atoms with Crippen LogP contribution in [-0.4, -0.2) is 43.5 Å². The molecule has 0 aromatic heterocycles. The van der Waals surface area contributed by atoms with Gasteiger partial charge in [-0.2, -0.15) is 0 Å². The summed E-state index contributed by atoms with van der Waals surface area (Å²) < 4.78 is 4.79. The van der Waals surface area contributed by atoms with E-state index in [9.17, 15) is 9.59 Å². The van der Waals surface area contributed by atoms with Crippen molar-refractivity contribution in [1.82, 2.24) is 4.90 Å². The topological polar surface area (TPSA) is 49.9 Å². The fraction of sp³-hybridized carbons (Fsp3) is 0.310. The van der Waals surface area contributed by atoms with Gasteiger partial charge in [0.25, 0.3) is 5.91 Å². The number of carbonyl (C=O) groups excluding carboxylic acids is 2. The number of carbonyl (C=O) groups is 2. The Morgan fingerprint density at radius 2 is 1.69 bits per heavy atom. The summed E-state index contributed by atoms with van der Waals surface area (Å²) in [5, 5.41) is 0.882.